The van der Waals surface area contributed by atoms with Gasteiger partial charge in [0.1, 0.15) is 17.2 Å². The first kappa shape index (κ1) is 24.4. The van der Waals surface area contributed by atoms with Crippen LogP contribution in [0.25, 0.3) is 22.4 Å². The van der Waals surface area contributed by atoms with E-state index in [0.29, 0.717) is 52.8 Å². The van der Waals surface area contributed by atoms with Crippen molar-refractivity contribution >= 4 is 38.5 Å². The normalized spacial score (nSPS) is 16.8. The van der Waals surface area contributed by atoms with Crippen LogP contribution in [0.15, 0.2) is 53.7 Å². The monoisotopic (exact) mass is 530 g/mol. The number of nitrogens with zero attached hydrogens (tertiary/aromatic N) is 4. The number of pyridine rings is 1. The first-order valence-corrected chi connectivity index (χ1v) is 13.2. The molecule has 0 unspecified atom stereocenters. The van der Waals surface area contributed by atoms with Crippen LogP contribution in [0, 0.1) is 11.9 Å². The molecule has 5 rings (SSSR count). The van der Waals surface area contributed by atoms with E-state index in [9.17, 15) is 12.8 Å². The summed E-state index contributed by atoms with van der Waals surface area (Å²) in [5, 5.41) is 4.30. The third-order valence-electron chi connectivity index (χ3n) is 6.17. The Hall–Kier alpha value is -3.28. The Balaban J connectivity index is 1.31. The second kappa shape index (κ2) is 10.00. The van der Waals surface area contributed by atoms with E-state index in [1.54, 1.807) is 30.5 Å². The summed E-state index contributed by atoms with van der Waals surface area (Å²) < 4.78 is 47.4. The van der Waals surface area contributed by atoms with Gasteiger partial charge in [0.25, 0.3) is 0 Å². The summed E-state index contributed by atoms with van der Waals surface area (Å²) in [4.78, 5) is 15.8. The van der Waals surface area contributed by atoms with Crippen LogP contribution in [0.4, 0.5) is 10.2 Å². The molecule has 36 heavy (non-hydrogen) atoms. The SMILES string of the molecule is COc1cccc(S(=O)(=O)N2CCC[C@H](CNc3cc(F)nc(-c4c[nH]c5ncc(Cl)cc45)n3)C2)c1. The van der Waals surface area contributed by atoms with Gasteiger partial charge < -0.3 is 15.0 Å². The van der Waals surface area contributed by atoms with Crippen molar-refractivity contribution in [3.8, 4) is 17.1 Å². The molecule has 4 aromatic rings. The van der Waals surface area contributed by atoms with Gasteiger partial charge in [-0.1, -0.05) is 17.7 Å². The minimum absolute atomic E-state index is 0.0247. The van der Waals surface area contributed by atoms with Gasteiger partial charge in [-0.15, -0.1) is 0 Å². The zero-order valence-corrected chi connectivity index (χ0v) is 21.0. The van der Waals surface area contributed by atoms with E-state index in [1.165, 1.54) is 29.7 Å². The smallest absolute Gasteiger partial charge is 0.243 e. The van der Waals surface area contributed by atoms with E-state index < -0.39 is 16.0 Å². The maximum absolute atomic E-state index is 14.4. The topological polar surface area (TPSA) is 113 Å². The third-order valence-corrected chi connectivity index (χ3v) is 8.23. The summed E-state index contributed by atoms with van der Waals surface area (Å²) in [6.07, 6.45) is 4.74. The Kier molecular flexibility index (Phi) is 6.78. The van der Waals surface area contributed by atoms with Gasteiger partial charge in [-0.2, -0.15) is 13.7 Å². The fourth-order valence-corrected chi connectivity index (χ4v) is 6.11. The fourth-order valence-electron chi connectivity index (χ4n) is 4.36. The number of rotatable bonds is 7. The maximum atomic E-state index is 14.4. The molecule has 1 aliphatic heterocycles. The van der Waals surface area contributed by atoms with Gasteiger partial charge in [0.2, 0.25) is 16.0 Å². The molecule has 3 aromatic heterocycles. The van der Waals surface area contributed by atoms with Crippen molar-refractivity contribution in [3.63, 3.8) is 0 Å². The number of aromatic nitrogens is 4. The highest BCUT2D eigenvalue weighted by atomic mass is 35.5. The van der Waals surface area contributed by atoms with Gasteiger partial charge in [-0.25, -0.2) is 18.4 Å². The van der Waals surface area contributed by atoms with E-state index in [0.717, 1.165) is 12.8 Å². The van der Waals surface area contributed by atoms with Gasteiger partial charge in [0.05, 0.1) is 17.0 Å². The van der Waals surface area contributed by atoms with E-state index in [2.05, 4.69) is 25.3 Å². The Morgan fingerprint density at radius 1 is 1.28 bits per heavy atom. The molecule has 0 spiro atoms. The minimum Gasteiger partial charge on any atom is -0.497 e. The number of hydrogen-bond donors (Lipinski definition) is 2. The van der Waals surface area contributed by atoms with Crippen LogP contribution in [0.2, 0.25) is 5.02 Å². The predicted molar refractivity (Wildman–Crippen MR) is 135 cm³/mol. The van der Waals surface area contributed by atoms with Gasteiger partial charge >= 0.3 is 0 Å². The van der Waals surface area contributed by atoms with Crippen molar-refractivity contribution in [1.82, 2.24) is 24.2 Å². The predicted octanol–water partition coefficient (Wildman–Crippen LogP) is 4.33. The van der Waals surface area contributed by atoms with Crippen LogP contribution in [0.5, 0.6) is 5.75 Å². The summed E-state index contributed by atoms with van der Waals surface area (Å²) in [5.41, 5.74) is 1.17. The summed E-state index contributed by atoms with van der Waals surface area (Å²) in [7, 11) is -2.16. The number of piperidine rings is 1. The summed E-state index contributed by atoms with van der Waals surface area (Å²) >= 11 is 6.07. The molecule has 12 heteroatoms. The lowest BCUT2D eigenvalue weighted by Gasteiger charge is -2.32. The van der Waals surface area contributed by atoms with Crippen LogP contribution < -0.4 is 10.1 Å². The number of benzene rings is 1. The Labute approximate surface area is 212 Å². The van der Waals surface area contributed by atoms with Crippen LogP contribution in [-0.4, -0.2) is 59.4 Å². The van der Waals surface area contributed by atoms with E-state index in [-0.39, 0.29) is 16.6 Å². The van der Waals surface area contributed by atoms with Crippen LogP contribution >= 0.6 is 11.6 Å². The zero-order chi connectivity index (χ0) is 25.3. The third kappa shape index (κ3) is 4.99. The molecule has 1 aromatic carbocycles. The molecule has 0 saturated carbocycles. The van der Waals surface area contributed by atoms with Gasteiger partial charge in [0, 0.05) is 55.1 Å². The molecule has 0 bridgehead atoms. The first-order valence-electron chi connectivity index (χ1n) is 11.4. The second-order valence-corrected chi connectivity index (χ2v) is 11.0. The van der Waals surface area contributed by atoms with Gasteiger partial charge in [-0.3, -0.25) is 0 Å². The zero-order valence-electron chi connectivity index (χ0n) is 19.4. The number of aromatic amines is 1. The average Bonchev–Trinajstić information content (AvgIpc) is 3.30. The Morgan fingerprint density at radius 3 is 2.97 bits per heavy atom. The number of methoxy groups -OCH3 is 1. The van der Waals surface area contributed by atoms with Crippen molar-refractivity contribution in [1.29, 1.82) is 0 Å². The number of hydrogen-bond acceptors (Lipinski definition) is 7. The lowest BCUT2D eigenvalue weighted by atomic mass is 10.00. The summed E-state index contributed by atoms with van der Waals surface area (Å²) in [6, 6.07) is 9.40. The highest BCUT2D eigenvalue weighted by Gasteiger charge is 2.30. The van der Waals surface area contributed by atoms with E-state index >= 15 is 0 Å². The molecular weight excluding hydrogens is 507 g/mol. The summed E-state index contributed by atoms with van der Waals surface area (Å²) in [5.74, 6) is 0.337. The van der Waals surface area contributed by atoms with Crippen LogP contribution in [0.3, 0.4) is 0 Å². The number of anilines is 1. The highest BCUT2D eigenvalue weighted by Crippen LogP contribution is 2.29. The highest BCUT2D eigenvalue weighted by molar-refractivity contribution is 7.89. The van der Waals surface area contributed by atoms with E-state index in [1.807, 2.05) is 0 Å². The molecule has 1 aliphatic rings. The molecule has 0 amide bonds. The molecule has 1 atom stereocenters. The van der Waals surface area contributed by atoms with E-state index in [4.69, 9.17) is 16.3 Å². The quantitative estimate of drug-likeness (QED) is 0.342. The van der Waals surface area contributed by atoms with Gasteiger partial charge in [-0.05, 0) is 37.0 Å². The molecule has 0 radical (unpaired) electrons. The molecule has 188 valence electrons. The van der Waals surface area contributed by atoms with Crippen LogP contribution in [0.1, 0.15) is 12.8 Å². The molecule has 1 fully saturated rings. The molecule has 9 nitrogen and oxygen atoms in total. The summed E-state index contributed by atoms with van der Waals surface area (Å²) in [6.45, 7) is 1.22. The van der Waals surface area contributed by atoms with Crippen molar-refractivity contribution in [2.75, 3.05) is 32.1 Å². The lowest BCUT2D eigenvalue weighted by molar-refractivity contribution is 0.275. The Morgan fingerprint density at radius 2 is 2.14 bits per heavy atom. The van der Waals surface area contributed by atoms with Crippen molar-refractivity contribution in [3.05, 3.63) is 59.8 Å². The fraction of sp³-hybridized carbons (Fsp3) is 0.292. The Bertz CT molecular complexity index is 1510. The number of nitrogens with one attached hydrogen (secondary N) is 2. The van der Waals surface area contributed by atoms with Crippen molar-refractivity contribution < 1.29 is 17.5 Å². The minimum atomic E-state index is -3.66. The maximum Gasteiger partial charge on any atom is 0.243 e. The largest absolute Gasteiger partial charge is 0.497 e. The molecule has 0 aliphatic carbocycles. The van der Waals surface area contributed by atoms with Gasteiger partial charge in [0.15, 0.2) is 5.82 Å². The van der Waals surface area contributed by atoms with Crippen molar-refractivity contribution in [2.45, 2.75) is 17.7 Å². The second-order valence-electron chi connectivity index (χ2n) is 8.58. The molecule has 4 heterocycles. The van der Waals surface area contributed by atoms with Crippen LogP contribution in [-0.2, 0) is 10.0 Å². The molecule has 2 N–H and O–H groups in total. The molecule has 1 saturated heterocycles. The number of H-pyrrole nitrogens is 1. The van der Waals surface area contributed by atoms with Crippen molar-refractivity contribution in [2.24, 2.45) is 5.92 Å². The number of halogens is 2. The standard InChI is InChI=1S/C24H24ClFN6O3S/c1-35-17-5-2-6-18(9-17)36(33,34)32-7-3-4-15(14-32)11-27-22-10-21(26)30-24(31-22)20-13-29-23-19(20)8-16(25)12-28-23/h2,5-6,8-10,12-13,15H,3-4,7,11,14H2,1H3,(H,28,29)(H,27,30,31)/t15-/m1/s1. The number of fused-ring (bicyclic) bond motifs is 1. The first-order chi connectivity index (χ1) is 17.3. The molecular formula is C24H24ClFN6O3S. The average molecular weight is 531 g/mol. The number of sulfonamides is 1. The number of ether oxygens (including phenoxy) is 1. The lowest BCUT2D eigenvalue weighted by Crippen LogP contribution is -2.41.